The SMILES string of the molecule is CCC(CC)C(=O)NCCc1nnc(-c2ccc(F)cc2)o1. The van der Waals surface area contributed by atoms with E-state index in [-0.39, 0.29) is 17.6 Å². The van der Waals surface area contributed by atoms with E-state index in [0.29, 0.717) is 30.3 Å². The fourth-order valence-electron chi connectivity index (χ4n) is 2.16. The monoisotopic (exact) mass is 305 g/mol. The normalized spacial score (nSPS) is 10.9. The molecule has 0 saturated heterocycles. The van der Waals surface area contributed by atoms with Gasteiger partial charge < -0.3 is 9.73 Å². The van der Waals surface area contributed by atoms with Crippen molar-refractivity contribution in [1.29, 1.82) is 0 Å². The van der Waals surface area contributed by atoms with Crippen LogP contribution >= 0.6 is 0 Å². The highest BCUT2D eigenvalue weighted by molar-refractivity contribution is 5.78. The van der Waals surface area contributed by atoms with Gasteiger partial charge in [-0.25, -0.2) is 4.39 Å². The highest BCUT2D eigenvalue weighted by Gasteiger charge is 2.14. The fourth-order valence-corrected chi connectivity index (χ4v) is 2.16. The summed E-state index contributed by atoms with van der Waals surface area (Å²) < 4.78 is 18.4. The molecule has 0 unspecified atom stereocenters. The van der Waals surface area contributed by atoms with Crippen LogP contribution < -0.4 is 5.32 Å². The molecule has 0 bridgehead atoms. The van der Waals surface area contributed by atoms with E-state index >= 15 is 0 Å². The van der Waals surface area contributed by atoms with Crippen molar-refractivity contribution in [1.82, 2.24) is 15.5 Å². The molecule has 1 amide bonds. The summed E-state index contributed by atoms with van der Waals surface area (Å²) in [5.41, 5.74) is 0.668. The van der Waals surface area contributed by atoms with Gasteiger partial charge in [0.25, 0.3) is 0 Å². The number of nitrogens with zero attached hydrogens (tertiary/aromatic N) is 2. The first-order valence-corrected chi connectivity index (χ1v) is 7.50. The molecule has 0 fully saturated rings. The van der Waals surface area contributed by atoms with E-state index in [0.717, 1.165) is 12.8 Å². The minimum atomic E-state index is -0.312. The van der Waals surface area contributed by atoms with E-state index in [9.17, 15) is 9.18 Å². The Morgan fingerprint density at radius 3 is 2.55 bits per heavy atom. The van der Waals surface area contributed by atoms with Crippen LogP contribution in [-0.4, -0.2) is 22.6 Å². The number of hydrogen-bond donors (Lipinski definition) is 1. The molecule has 0 aliphatic rings. The molecule has 118 valence electrons. The van der Waals surface area contributed by atoms with Crippen LogP contribution in [0.15, 0.2) is 28.7 Å². The smallest absolute Gasteiger partial charge is 0.247 e. The largest absolute Gasteiger partial charge is 0.421 e. The Morgan fingerprint density at radius 2 is 1.91 bits per heavy atom. The van der Waals surface area contributed by atoms with Crippen molar-refractivity contribution < 1.29 is 13.6 Å². The third kappa shape index (κ3) is 4.13. The quantitative estimate of drug-likeness (QED) is 0.854. The second kappa shape index (κ2) is 7.68. The standard InChI is InChI=1S/C16H20FN3O2/c1-3-11(4-2)15(21)18-10-9-14-19-20-16(22-14)12-5-7-13(17)8-6-12/h5-8,11H,3-4,9-10H2,1-2H3,(H,18,21). The zero-order valence-electron chi connectivity index (χ0n) is 12.8. The molecule has 0 saturated carbocycles. The van der Waals surface area contributed by atoms with E-state index in [1.807, 2.05) is 13.8 Å². The fraction of sp³-hybridized carbons (Fsp3) is 0.438. The van der Waals surface area contributed by atoms with Gasteiger partial charge in [-0.05, 0) is 37.1 Å². The van der Waals surface area contributed by atoms with Gasteiger partial charge in [0, 0.05) is 24.4 Å². The highest BCUT2D eigenvalue weighted by atomic mass is 19.1. The van der Waals surface area contributed by atoms with E-state index in [1.165, 1.54) is 12.1 Å². The molecular weight excluding hydrogens is 285 g/mol. The number of amides is 1. The number of carbonyl (C=O) groups excluding carboxylic acids is 1. The zero-order valence-corrected chi connectivity index (χ0v) is 12.8. The van der Waals surface area contributed by atoms with Crippen molar-refractivity contribution >= 4 is 5.91 Å². The summed E-state index contributed by atoms with van der Waals surface area (Å²) in [6.07, 6.45) is 2.13. The van der Waals surface area contributed by atoms with Gasteiger partial charge in [-0.3, -0.25) is 4.79 Å². The Kier molecular flexibility index (Phi) is 5.63. The first-order chi connectivity index (χ1) is 10.6. The number of aromatic nitrogens is 2. The van der Waals surface area contributed by atoms with Gasteiger partial charge >= 0.3 is 0 Å². The lowest BCUT2D eigenvalue weighted by Crippen LogP contribution is -2.31. The Labute approximate surface area is 128 Å². The van der Waals surface area contributed by atoms with Gasteiger partial charge in [-0.2, -0.15) is 0 Å². The molecule has 0 radical (unpaired) electrons. The predicted molar refractivity (Wildman–Crippen MR) is 80.5 cm³/mol. The molecular formula is C16H20FN3O2. The Hall–Kier alpha value is -2.24. The molecule has 6 heteroatoms. The maximum atomic E-state index is 12.9. The van der Waals surface area contributed by atoms with Crippen molar-refractivity contribution in [3.63, 3.8) is 0 Å². The number of rotatable bonds is 7. The van der Waals surface area contributed by atoms with Crippen LogP contribution in [0.25, 0.3) is 11.5 Å². The second-order valence-electron chi connectivity index (χ2n) is 5.06. The summed E-state index contributed by atoms with van der Waals surface area (Å²) in [6, 6.07) is 5.85. The lowest BCUT2D eigenvalue weighted by atomic mass is 10.0. The first-order valence-electron chi connectivity index (χ1n) is 7.50. The topological polar surface area (TPSA) is 68.0 Å². The molecule has 1 aromatic carbocycles. The van der Waals surface area contributed by atoms with Crippen LogP contribution in [0.1, 0.15) is 32.6 Å². The lowest BCUT2D eigenvalue weighted by Gasteiger charge is -2.11. The zero-order chi connectivity index (χ0) is 15.9. The van der Waals surface area contributed by atoms with Crippen molar-refractivity contribution in [2.75, 3.05) is 6.54 Å². The van der Waals surface area contributed by atoms with Crippen molar-refractivity contribution in [3.05, 3.63) is 36.0 Å². The average Bonchev–Trinajstić information content (AvgIpc) is 2.98. The van der Waals surface area contributed by atoms with E-state index in [1.54, 1.807) is 12.1 Å². The summed E-state index contributed by atoms with van der Waals surface area (Å²) in [7, 11) is 0. The maximum Gasteiger partial charge on any atom is 0.247 e. The minimum absolute atomic E-state index is 0.0532. The highest BCUT2D eigenvalue weighted by Crippen LogP contribution is 2.18. The second-order valence-corrected chi connectivity index (χ2v) is 5.06. The molecule has 1 N–H and O–H groups in total. The molecule has 0 atom stereocenters. The molecule has 2 aromatic rings. The number of nitrogens with one attached hydrogen (secondary N) is 1. The van der Waals surface area contributed by atoms with E-state index < -0.39 is 0 Å². The van der Waals surface area contributed by atoms with Crippen LogP contribution in [-0.2, 0) is 11.2 Å². The van der Waals surface area contributed by atoms with Gasteiger partial charge in [0.05, 0.1) is 0 Å². The van der Waals surface area contributed by atoms with Crippen LogP contribution in [0, 0.1) is 11.7 Å². The van der Waals surface area contributed by atoms with Crippen LogP contribution in [0.3, 0.4) is 0 Å². The molecule has 1 aromatic heterocycles. The summed E-state index contributed by atoms with van der Waals surface area (Å²) >= 11 is 0. The average molecular weight is 305 g/mol. The molecule has 5 nitrogen and oxygen atoms in total. The van der Waals surface area contributed by atoms with Crippen molar-refractivity contribution in [2.45, 2.75) is 33.1 Å². The van der Waals surface area contributed by atoms with Gasteiger partial charge in [0.2, 0.25) is 17.7 Å². The van der Waals surface area contributed by atoms with Crippen molar-refractivity contribution in [2.24, 2.45) is 5.92 Å². The minimum Gasteiger partial charge on any atom is -0.421 e. The predicted octanol–water partition coefficient (Wildman–Crippen LogP) is 2.97. The number of hydrogen-bond acceptors (Lipinski definition) is 4. The summed E-state index contributed by atoms with van der Waals surface area (Å²) in [4.78, 5) is 11.8. The van der Waals surface area contributed by atoms with Crippen LogP contribution in [0.5, 0.6) is 0 Å². The molecule has 0 aliphatic heterocycles. The number of halogens is 1. The van der Waals surface area contributed by atoms with Crippen LogP contribution in [0.4, 0.5) is 4.39 Å². The number of carbonyl (C=O) groups is 1. The molecule has 0 spiro atoms. The lowest BCUT2D eigenvalue weighted by molar-refractivity contribution is -0.125. The van der Waals surface area contributed by atoms with E-state index in [2.05, 4.69) is 15.5 Å². The maximum absolute atomic E-state index is 12.9. The Balaban J connectivity index is 1.87. The third-order valence-electron chi connectivity index (χ3n) is 3.55. The van der Waals surface area contributed by atoms with Gasteiger partial charge in [-0.15, -0.1) is 10.2 Å². The Bertz CT molecular complexity index is 606. The van der Waals surface area contributed by atoms with Gasteiger partial charge in [0.15, 0.2) is 0 Å². The first kappa shape index (κ1) is 16.1. The molecule has 1 heterocycles. The third-order valence-corrected chi connectivity index (χ3v) is 3.55. The van der Waals surface area contributed by atoms with Gasteiger partial charge in [-0.1, -0.05) is 13.8 Å². The van der Waals surface area contributed by atoms with Crippen LogP contribution in [0.2, 0.25) is 0 Å². The molecule has 2 rings (SSSR count). The summed E-state index contributed by atoms with van der Waals surface area (Å²) in [5.74, 6) is 0.596. The van der Waals surface area contributed by atoms with Gasteiger partial charge in [0.1, 0.15) is 5.82 Å². The van der Waals surface area contributed by atoms with E-state index in [4.69, 9.17) is 4.42 Å². The number of benzene rings is 1. The molecule has 0 aliphatic carbocycles. The van der Waals surface area contributed by atoms with Crippen molar-refractivity contribution in [3.8, 4) is 11.5 Å². The Morgan fingerprint density at radius 1 is 1.23 bits per heavy atom. The molecule has 22 heavy (non-hydrogen) atoms. The summed E-state index contributed by atoms with van der Waals surface area (Å²) in [6.45, 7) is 4.46. The summed E-state index contributed by atoms with van der Waals surface area (Å²) in [5, 5.41) is 10.7.